The largest absolute Gasteiger partial charge is 0.484 e. The first-order chi connectivity index (χ1) is 12.3. The van der Waals surface area contributed by atoms with E-state index in [1.807, 2.05) is 13.8 Å². The van der Waals surface area contributed by atoms with E-state index in [9.17, 15) is 9.59 Å². The van der Waals surface area contributed by atoms with Gasteiger partial charge in [-0.15, -0.1) is 0 Å². The third-order valence-corrected chi connectivity index (χ3v) is 4.55. The number of halogens is 2. The van der Waals surface area contributed by atoms with Gasteiger partial charge in [0.05, 0.1) is 10.7 Å². The van der Waals surface area contributed by atoms with Gasteiger partial charge in [0.15, 0.2) is 6.61 Å². The highest BCUT2D eigenvalue weighted by atomic mass is 35.5. The van der Waals surface area contributed by atoms with Gasteiger partial charge < -0.3 is 15.4 Å². The van der Waals surface area contributed by atoms with E-state index in [0.717, 1.165) is 11.1 Å². The molecule has 0 heterocycles. The highest BCUT2D eigenvalue weighted by molar-refractivity contribution is 6.34. The fourth-order valence-corrected chi connectivity index (χ4v) is 2.55. The average Bonchev–Trinajstić information content (AvgIpc) is 2.60. The molecule has 138 valence electrons. The Hall–Kier alpha value is -2.24. The number of benzene rings is 2. The van der Waals surface area contributed by atoms with Crippen molar-refractivity contribution < 1.29 is 14.3 Å². The zero-order chi connectivity index (χ0) is 19.3. The van der Waals surface area contributed by atoms with Crippen LogP contribution in [0.5, 0.6) is 5.75 Å². The number of ether oxygens (including phenoxy) is 1. The molecule has 0 aliphatic heterocycles. The Morgan fingerprint density at radius 1 is 1.00 bits per heavy atom. The second kappa shape index (κ2) is 8.92. The number of hydrogen-bond donors (Lipinski definition) is 2. The lowest BCUT2D eigenvalue weighted by Gasteiger charge is -2.12. The molecular formula is C19H20Cl2N2O3. The molecule has 2 N–H and O–H groups in total. The number of hydrogen-bond acceptors (Lipinski definition) is 3. The smallest absolute Gasteiger partial charge is 0.262 e. The normalized spacial score (nSPS) is 10.3. The van der Waals surface area contributed by atoms with Crippen LogP contribution in [0.2, 0.25) is 10.0 Å². The van der Waals surface area contributed by atoms with Crippen molar-refractivity contribution >= 4 is 46.4 Å². The Morgan fingerprint density at radius 3 is 2.27 bits per heavy atom. The minimum atomic E-state index is -0.365. The number of carbonyl (C=O) groups excluding carboxylic acids is 2. The number of rotatable bonds is 6. The number of anilines is 2. The molecule has 5 nitrogen and oxygen atoms in total. The first-order valence-corrected chi connectivity index (χ1v) is 8.84. The standard InChI is InChI=1S/C19H20Cl2N2O3/c1-4-17(24)22-13-5-6-15(20)16(9-13)23-18(25)10-26-14-7-11(2)19(21)12(3)8-14/h5-9H,4,10H2,1-3H3,(H,22,24)(H,23,25). The first kappa shape index (κ1) is 20.1. The molecule has 0 aliphatic carbocycles. The predicted octanol–water partition coefficient (Wildman–Crippen LogP) is 4.98. The first-order valence-electron chi connectivity index (χ1n) is 8.09. The average molecular weight is 395 g/mol. The minimum Gasteiger partial charge on any atom is -0.484 e. The number of amides is 2. The molecule has 2 aromatic rings. The maximum Gasteiger partial charge on any atom is 0.262 e. The van der Waals surface area contributed by atoms with E-state index in [-0.39, 0.29) is 18.4 Å². The van der Waals surface area contributed by atoms with Crippen molar-refractivity contribution in [2.45, 2.75) is 27.2 Å². The van der Waals surface area contributed by atoms with Gasteiger partial charge in [-0.3, -0.25) is 9.59 Å². The Labute approximate surface area is 162 Å². The van der Waals surface area contributed by atoms with Crippen LogP contribution in [0.4, 0.5) is 11.4 Å². The number of carbonyl (C=O) groups is 2. The van der Waals surface area contributed by atoms with Crippen molar-refractivity contribution in [1.29, 1.82) is 0 Å². The summed E-state index contributed by atoms with van der Waals surface area (Å²) in [5.41, 5.74) is 2.72. The van der Waals surface area contributed by atoms with Crippen molar-refractivity contribution in [3.63, 3.8) is 0 Å². The monoisotopic (exact) mass is 394 g/mol. The molecule has 0 unspecified atom stereocenters. The van der Waals surface area contributed by atoms with Gasteiger partial charge >= 0.3 is 0 Å². The van der Waals surface area contributed by atoms with Gasteiger partial charge in [0.25, 0.3) is 5.91 Å². The van der Waals surface area contributed by atoms with Crippen molar-refractivity contribution in [3.8, 4) is 5.75 Å². The predicted molar refractivity (Wildman–Crippen MR) is 105 cm³/mol. The molecule has 0 radical (unpaired) electrons. The molecule has 7 heteroatoms. The van der Waals surface area contributed by atoms with Crippen LogP contribution in [-0.4, -0.2) is 18.4 Å². The Balaban J connectivity index is 2.01. The molecule has 2 aromatic carbocycles. The van der Waals surface area contributed by atoms with Crippen LogP contribution < -0.4 is 15.4 Å². The number of nitrogens with one attached hydrogen (secondary N) is 2. The van der Waals surface area contributed by atoms with E-state index >= 15 is 0 Å². The molecule has 0 aliphatic rings. The summed E-state index contributed by atoms with van der Waals surface area (Å²) >= 11 is 12.2. The molecule has 2 rings (SSSR count). The van der Waals surface area contributed by atoms with Gasteiger partial charge in [0, 0.05) is 17.1 Å². The highest BCUT2D eigenvalue weighted by Crippen LogP contribution is 2.27. The molecule has 26 heavy (non-hydrogen) atoms. The SMILES string of the molecule is CCC(=O)Nc1ccc(Cl)c(NC(=O)COc2cc(C)c(Cl)c(C)c2)c1. The van der Waals surface area contributed by atoms with E-state index in [1.165, 1.54) is 0 Å². The second-order valence-electron chi connectivity index (χ2n) is 5.80. The molecule has 0 bridgehead atoms. The van der Waals surface area contributed by atoms with Crippen molar-refractivity contribution in [3.05, 3.63) is 51.5 Å². The van der Waals surface area contributed by atoms with Crippen molar-refractivity contribution in [2.24, 2.45) is 0 Å². The van der Waals surface area contributed by atoms with Crippen LogP contribution in [0.3, 0.4) is 0 Å². The molecule has 0 aromatic heterocycles. The molecule has 0 saturated carbocycles. The zero-order valence-electron chi connectivity index (χ0n) is 14.8. The van der Waals surface area contributed by atoms with Crippen LogP contribution >= 0.6 is 23.2 Å². The lowest BCUT2D eigenvalue weighted by Crippen LogP contribution is -2.20. The van der Waals surface area contributed by atoms with Crippen LogP contribution in [-0.2, 0) is 9.59 Å². The third kappa shape index (κ3) is 5.38. The summed E-state index contributed by atoms with van der Waals surface area (Å²) in [5, 5.41) is 6.44. The lowest BCUT2D eigenvalue weighted by atomic mass is 10.1. The molecule has 0 spiro atoms. The molecule has 2 amide bonds. The highest BCUT2D eigenvalue weighted by Gasteiger charge is 2.10. The summed E-state index contributed by atoms with van der Waals surface area (Å²) in [5.74, 6) is 0.0761. The van der Waals surface area contributed by atoms with Crippen molar-refractivity contribution in [1.82, 2.24) is 0 Å². The van der Waals surface area contributed by atoms with E-state index in [1.54, 1.807) is 37.3 Å². The summed E-state index contributed by atoms with van der Waals surface area (Å²) in [4.78, 5) is 23.6. The van der Waals surface area contributed by atoms with E-state index in [4.69, 9.17) is 27.9 Å². The molecular weight excluding hydrogens is 375 g/mol. The van der Waals surface area contributed by atoms with Crippen LogP contribution in [0.25, 0.3) is 0 Å². The van der Waals surface area contributed by atoms with Gasteiger partial charge in [-0.2, -0.15) is 0 Å². The summed E-state index contributed by atoms with van der Waals surface area (Å²) in [6, 6.07) is 8.42. The summed E-state index contributed by atoms with van der Waals surface area (Å²) in [6.07, 6.45) is 0.359. The van der Waals surface area contributed by atoms with Crippen LogP contribution in [0.1, 0.15) is 24.5 Å². The summed E-state index contributed by atoms with van der Waals surface area (Å²) in [6.45, 7) is 5.32. The molecule has 0 saturated heterocycles. The zero-order valence-corrected chi connectivity index (χ0v) is 16.3. The molecule has 0 atom stereocenters. The fraction of sp³-hybridized carbons (Fsp3) is 0.263. The van der Waals surface area contributed by atoms with Gasteiger partial charge in [-0.25, -0.2) is 0 Å². The maximum atomic E-state index is 12.2. The van der Waals surface area contributed by atoms with Crippen molar-refractivity contribution in [2.75, 3.05) is 17.2 Å². The lowest BCUT2D eigenvalue weighted by molar-refractivity contribution is -0.118. The molecule has 0 fully saturated rings. The van der Waals surface area contributed by atoms with Gasteiger partial charge in [-0.05, 0) is 55.3 Å². The van der Waals surface area contributed by atoms with E-state index in [2.05, 4.69) is 10.6 Å². The summed E-state index contributed by atoms with van der Waals surface area (Å²) < 4.78 is 5.53. The third-order valence-electron chi connectivity index (χ3n) is 3.63. The Bertz CT molecular complexity index is 815. The topological polar surface area (TPSA) is 67.4 Å². The maximum absolute atomic E-state index is 12.2. The van der Waals surface area contributed by atoms with Crippen LogP contribution in [0, 0.1) is 13.8 Å². The fourth-order valence-electron chi connectivity index (χ4n) is 2.27. The van der Waals surface area contributed by atoms with Crippen LogP contribution in [0.15, 0.2) is 30.3 Å². The van der Waals surface area contributed by atoms with Gasteiger partial charge in [0.1, 0.15) is 5.75 Å². The summed E-state index contributed by atoms with van der Waals surface area (Å²) in [7, 11) is 0. The quantitative estimate of drug-likeness (QED) is 0.725. The Morgan fingerprint density at radius 2 is 1.65 bits per heavy atom. The van der Waals surface area contributed by atoms with E-state index in [0.29, 0.717) is 33.6 Å². The Kier molecular flexibility index (Phi) is 6.89. The van der Waals surface area contributed by atoms with E-state index < -0.39 is 0 Å². The number of aryl methyl sites for hydroxylation is 2. The minimum absolute atomic E-state index is 0.124. The van der Waals surface area contributed by atoms with Gasteiger partial charge in [-0.1, -0.05) is 30.1 Å². The van der Waals surface area contributed by atoms with Gasteiger partial charge in [0.2, 0.25) is 5.91 Å². The second-order valence-corrected chi connectivity index (χ2v) is 6.59.